The molecule has 0 amide bonds. The lowest BCUT2D eigenvalue weighted by atomic mass is 9.45. The number of ether oxygens (including phenoxy) is 10. The number of hydrogen-bond donors (Lipinski definition) is 2. The number of Topliss-reactive ketones (excluding diaryl/α,β-unsaturated/α-hetero) is 1. The predicted molar refractivity (Wildman–Crippen MR) is 219 cm³/mol. The fourth-order valence-corrected chi connectivity index (χ4v) is 10.6. The maximum absolute atomic E-state index is 14.7. The Hall–Kier alpha value is -6.07. The second kappa shape index (κ2) is 18.4. The van der Waals surface area contributed by atoms with Crippen molar-refractivity contribution >= 4 is 59.5 Å². The van der Waals surface area contributed by atoms with E-state index in [1.165, 1.54) is 33.0 Å². The minimum atomic E-state index is -3.10. The number of cyclic esters (lactones) is 2. The lowest BCUT2D eigenvalue weighted by Gasteiger charge is -2.67. The zero-order valence-electron chi connectivity index (χ0n) is 39.0. The second-order valence-corrected chi connectivity index (χ2v) is 18.5. The van der Waals surface area contributed by atoms with E-state index in [1.54, 1.807) is 0 Å². The number of esters is 9. The molecule has 68 heavy (non-hydrogen) atoms. The van der Waals surface area contributed by atoms with Crippen molar-refractivity contribution in [3.63, 3.8) is 0 Å². The lowest BCUT2D eigenvalue weighted by molar-refractivity contribution is -0.387. The van der Waals surface area contributed by atoms with Gasteiger partial charge in [-0.15, -0.1) is 0 Å². The fourth-order valence-electron chi connectivity index (χ4n) is 10.6. The molecule has 2 saturated heterocycles. The smallest absolute Gasteiger partial charge is 0.340 e. The van der Waals surface area contributed by atoms with Gasteiger partial charge in [0.1, 0.15) is 53.7 Å². The van der Waals surface area contributed by atoms with Crippen LogP contribution in [0.4, 0.5) is 0 Å². The van der Waals surface area contributed by atoms with Gasteiger partial charge in [-0.25, -0.2) is 9.59 Å². The van der Waals surface area contributed by atoms with E-state index in [4.69, 9.17) is 47.4 Å². The van der Waals surface area contributed by atoms with Gasteiger partial charge in [0, 0.05) is 52.4 Å². The Balaban J connectivity index is 1.82. The molecule has 0 aromatic carbocycles. The van der Waals surface area contributed by atoms with Crippen molar-refractivity contribution in [2.75, 3.05) is 20.3 Å². The number of aliphatic hydroxyl groups is 2. The maximum atomic E-state index is 14.7. The molecule has 4 fully saturated rings. The summed E-state index contributed by atoms with van der Waals surface area (Å²) in [7, 11) is 0.992. The zero-order chi connectivity index (χ0) is 50.6. The van der Waals surface area contributed by atoms with Gasteiger partial charge in [0.15, 0.2) is 35.6 Å². The van der Waals surface area contributed by atoms with Crippen molar-refractivity contribution in [3.05, 3.63) is 29.6 Å². The van der Waals surface area contributed by atoms with E-state index in [9.17, 15) is 58.2 Å². The van der Waals surface area contributed by atoms with E-state index in [2.05, 4.69) is 4.98 Å². The molecule has 23 heteroatoms. The summed E-state index contributed by atoms with van der Waals surface area (Å²) >= 11 is 0. The summed E-state index contributed by atoms with van der Waals surface area (Å²) in [5, 5.41) is 25.8. The van der Waals surface area contributed by atoms with Crippen molar-refractivity contribution in [2.45, 2.75) is 147 Å². The van der Waals surface area contributed by atoms with Crippen LogP contribution in [0.5, 0.6) is 0 Å². The van der Waals surface area contributed by atoms with Crippen LogP contribution >= 0.6 is 0 Å². The molecule has 6 bridgehead atoms. The van der Waals surface area contributed by atoms with Gasteiger partial charge in [0.25, 0.3) is 0 Å². The molecular formula is C45H55NO22. The van der Waals surface area contributed by atoms with Gasteiger partial charge in [-0.1, -0.05) is 13.8 Å². The van der Waals surface area contributed by atoms with Gasteiger partial charge < -0.3 is 57.6 Å². The molecule has 0 radical (unpaired) electrons. The lowest BCUT2D eigenvalue weighted by Crippen LogP contribution is -2.89. The fraction of sp³-hybridized carbons (Fsp3) is 0.667. The number of nitrogens with zero attached hydrogens (tertiary/aromatic N) is 1. The molecule has 15 atom stereocenters. The molecule has 372 valence electrons. The first-order chi connectivity index (χ1) is 31.6. The molecule has 0 unspecified atom stereocenters. The van der Waals surface area contributed by atoms with E-state index >= 15 is 0 Å². The number of fused-ring (bicyclic) bond motifs is 7. The Labute approximate surface area is 389 Å². The van der Waals surface area contributed by atoms with Crippen LogP contribution in [-0.4, -0.2) is 154 Å². The maximum Gasteiger partial charge on any atom is 0.340 e. The molecule has 6 rings (SSSR count). The van der Waals surface area contributed by atoms with E-state index in [1.807, 2.05) is 0 Å². The van der Waals surface area contributed by atoms with Crippen molar-refractivity contribution in [1.82, 2.24) is 4.98 Å². The highest BCUT2D eigenvalue weighted by Crippen LogP contribution is 2.70. The highest BCUT2D eigenvalue weighted by atomic mass is 16.7. The predicted octanol–water partition coefficient (Wildman–Crippen LogP) is 0.287. The van der Waals surface area contributed by atoms with Crippen molar-refractivity contribution in [3.8, 4) is 0 Å². The van der Waals surface area contributed by atoms with Crippen LogP contribution in [0.1, 0.15) is 103 Å². The van der Waals surface area contributed by atoms with E-state index < -0.39 is 174 Å². The highest BCUT2D eigenvalue weighted by Gasteiger charge is 2.92. The summed E-state index contributed by atoms with van der Waals surface area (Å²) in [6, 6.07) is 1.32. The van der Waals surface area contributed by atoms with Crippen LogP contribution in [0.25, 0.3) is 0 Å². The van der Waals surface area contributed by atoms with Gasteiger partial charge in [-0.2, -0.15) is 0 Å². The molecular weight excluding hydrogens is 906 g/mol. The standard InChI is InChI=1S/C45H55NO22/c1-19-11-12-28(51)26(15-29(52)59-10)38(54)61-18-44-35(64-23(5)49)31(66-37(19)53)30-33(63-22(4)48)45(44)43(9,58)34(32(62-21(3)47)36(44)65-24(6)50)67-40(56)42(8,57)20(2)25-13-14-46-16-27(25)39(55)60-17-41(30,7)68-45/h13-14,16,19-20,26,30-36,57-58H,11-12,15,17-18H2,1-10H3/t19-,20+,26+,30+,31+,32-,33+,34-,35+,36-,41-,42+,43-,44+,45-/m0/s1. The summed E-state index contributed by atoms with van der Waals surface area (Å²) in [4.78, 5) is 143. The number of aromatic nitrogens is 1. The van der Waals surface area contributed by atoms with Gasteiger partial charge in [-0.3, -0.25) is 43.3 Å². The molecule has 2 spiro atoms. The average Bonchev–Trinajstić information content (AvgIpc) is 3.48. The summed E-state index contributed by atoms with van der Waals surface area (Å²) in [6.07, 6.45) is -12.8. The summed E-state index contributed by atoms with van der Waals surface area (Å²) in [5.74, 6) is -18.1. The Morgan fingerprint density at radius 2 is 1.40 bits per heavy atom. The first-order valence-corrected chi connectivity index (χ1v) is 21.7. The quantitative estimate of drug-likeness (QED) is 0.220. The number of rotatable bonds is 6. The third-order valence-corrected chi connectivity index (χ3v) is 14.0. The Kier molecular flexibility index (Phi) is 13.9. The largest absolute Gasteiger partial charge is 0.469 e. The summed E-state index contributed by atoms with van der Waals surface area (Å²) in [6.45, 7) is 7.30. The third kappa shape index (κ3) is 8.34. The molecule has 1 aromatic rings. The van der Waals surface area contributed by atoms with Crippen LogP contribution in [0.15, 0.2) is 18.5 Å². The van der Waals surface area contributed by atoms with Crippen LogP contribution < -0.4 is 0 Å². The SMILES string of the molecule is COC(=O)C[C@@H]1C(=O)CC[C@H](C)C(=O)O[C@@H]2[C@@H]3[C@@H](OC(C)=O)[C@@]45O[C@@]3(C)COC(=O)c3cnccc3[C@@H](C)[C@@](C)(O)C(=O)O[C@@H]([C@H](OC(C)=O)[C@H](OC(C)=O)[C@@]4(COC1=O)[C@@H]2OC(C)=O)[C@]5(C)O. The monoisotopic (exact) mass is 961 g/mol. The van der Waals surface area contributed by atoms with E-state index in [0.717, 1.165) is 54.8 Å². The molecule has 23 nitrogen and oxygen atoms in total. The zero-order valence-corrected chi connectivity index (χ0v) is 39.0. The third-order valence-electron chi connectivity index (χ3n) is 14.0. The highest BCUT2D eigenvalue weighted by molar-refractivity contribution is 6.01. The van der Waals surface area contributed by atoms with Crippen LogP contribution in [-0.2, 0) is 90.5 Å². The first kappa shape index (κ1) is 51.3. The molecule has 3 aliphatic heterocycles. The van der Waals surface area contributed by atoms with Crippen molar-refractivity contribution < 1.29 is 106 Å². The van der Waals surface area contributed by atoms with Crippen molar-refractivity contribution in [1.29, 1.82) is 0 Å². The van der Waals surface area contributed by atoms with Crippen LogP contribution in [0, 0.1) is 23.2 Å². The Bertz CT molecular complexity index is 2290. The number of carbonyl (C=O) groups is 10. The van der Waals surface area contributed by atoms with E-state index in [-0.39, 0.29) is 17.5 Å². The molecule has 2 saturated carbocycles. The molecule has 4 heterocycles. The minimum absolute atomic E-state index is 0.0150. The Morgan fingerprint density at radius 1 is 0.794 bits per heavy atom. The van der Waals surface area contributed by atoms with Gasteiger partial charge >= 0.3 is 53.7 Å². The molecule has 5 aliphatic rings. The topological polar surface area (TPSA) is 316 Å². The number of ketones is 1. The minimum Gasteiger partial charge on any atom is -0.469 e. The number of methoxy groups -OCH3 is 1. The number of carbonyl (C=O) groups excluding carboxylic acids is 10. The van der Waals surface area contributed by atoms with Crippen LogP contribution in [0.2, 0.25) is 0 Å². The summed E-state index contributed by atoms with van der Waals surface area (Å²) < 4.78 is 60.1. The van der Waals surface area contributed by atoms with E-state index in [0.29, 0.717) is 0 Å². The van der Waals surface area contributed by atoms with Crippen molar-refractivity contribution in [2.24, 2.45) is 23.2 Å². The molecule has 2 N–H and O–H groups in total. The number of hydrogen-bond acceptors (Lipinski definition) is 23. The first-order valence-electron chi connectivity index (χ1n) is 21.7. The number of pyridine rings is 1. The molecule has 1 aromatic heterocycles. The van der Waals surface area contributed by atoms with Crippen LogP contribution in [0.3, 0.4) is 0 Å². The van der Waals surface area contributed by atoms with Gasteiger partial charge in [0.2, 0.25) is 0 Å². The van der Waals surface area contributed by atoms with Gasteiger partial charge in [0.05, 0.1) is 30.9 Å². The normalized spacial score (nSPS) is 39.3. The summed E-state index contributed by atoms with van der Waals surface area (Å²) in [5.41, 5.74) is -14.2. The van der Waals surface area contributed by atoms with Gasteiger partial charge in [-0.05, 0) is 38.8 Å². The molecule has 2 aliphatic carbocycles. The average molecular weight is 962 g/mol. The second-order valence-electron chi connectivity index (χ2n) is 18.5. The Morgan fingerprint density at radius 3 is 2.00 bits per heavy atom.